The van der Waals surface area contributed by atoms with Crippen molar-refractivity contribution in [2.24, 2.45) is 0 Å². The number of hydrogen-bond acceptors (Lipinski definition) is 3. The van der Waals surface area contributed by atoms with Gasteiger partial charge < -0.3 is 15.1 Å². The molecule has 2 aromatic carbocycles. The molecule has 0 saturated carbocycles. The van der Waals surface area contributed by atoms with Gasteiger partial charge in [-0.15, -0.1) is 0 Å². The Morgan fingerprint density at radius 3 is 2.62 bits per heavy atom. The summed E-state index contributed by atoms with van der Waals surface area (Å²) < 4.78 is 27.5. The highest BCUT2D eigenvalue weighted by atomic mass is 19.1. The van der Waals surface area contributed by atoms with Crippen molar-refractivity contribution < 1.29 is 13.6 Å². The molecule has 2 aliphatic heterocycles. The van der Waals surface area contributed by atoms with Gasteiger partial charge in [0.25, 0.3) is 0 Å². The quantitative estimate of drug-likeness (QED) is 0.740. The summed E-state index contributed by atoms with van der Waals surface area (Å²) in [6, 6.07) is 11.9. The van der Waals surface area contributed by atoms with Gasteiger partial charge in [0, 0.05) is 49.9 Å². The SMILES string of the molecule is CC(=O)NCCCCN1CCC2C(C1)c1cc(F)ccc1N2c1ccc(F)cc1. The fourth-order valence-corrected chi connectivity index (χ4v) is 4.70. The summed E-state index contributed by atoms with van der Waals surface area (Å²) in [5, 5.41) is 2.83. The van der Waals surface area contributed by atoms with Crippen LogP contribution in [0.1, 0.15) is 37.7 Å². The molecule has 1 amide bonds. The molecule has 0 radical (unpaired) electrons. The zero-order chi connectivity index (χ0) is 20.4. The van der Waals surface area contributed by atoms with E-state index in [0.717, 1.165) is 55.8 Å². The Balaban J connectivity index is 1.49. The molecule has 2 aliphatic rings. The molecule has 4 rings (SSSR count). The van der Waals surface area contributed by atoms with E-state index in [1.807, 2.05) is 6.07 Å². The van der Waals surface area contributed by atoms with Crippen LogP contribution in [-0.4, -0.2) is 43.0 Å². The average molecular weight is 399 g/mol. The number of carbonyl (C=O) groups excluding carboxylic acids is 1. The van der Waals surface area contributed by atoms with Crippen LogP contribution in [0.4, 0.5) is 20.2 Å². The minimum absolute atomic E-state index is 0.0105. The molecule has 0 aromatic heterocycles. The van der Waals surface area contributed by atoms with Crippen molar-refractivity contribution >= 4 is 17.3 Å². The van der Waals surface area contributed by atoms with E-state index in [1.54, 1.807) is 18.2 Å². The maximum Gasteiger partial charge on any atom is 0.216 e. The third kappa shape index (κ3) is 4.27. The molecule has 2 heterocycles. The second-order valence-electron chi connectivity index (χ2n) is 8.00. The van der Waals surface area contributed by atoms with Crippen LogP contribution in [0.2, 0.25) is 0 Å². The summed E-state index contributed by atoms with van der Waals surface area (Å²) in [6.45, 7) is 5.09. The first-order chi connectivity index (χ1) is 14.0. The average Bonchev–Trinajstić information content (AvgIpc) is 3.01. The van der Waals surface area contributed by atoms with Gasteiger partial charge in [-0.25, -0.2) is 8.78 Å². The van der Waals surface area contributed by atoms with Crippen LogP contribution < -0.4 is 10.2 Å². The van der Waals surface area contributed by atoms with Gasteiger partial charge in [-0.1, -0.05) is 0 Å². The number of nitrogens with zero attached hydrogens (tertiary/aromatic N) is 2. The predicted octanol–water partition coefficient (Wildman–Crippen LogP) is 4.19. The standard InChI is InChI=1S/C23H27F2N3O/c1-16(29)26-11-2-3-12-27-13-10-23-21(15-27)20-14-18(25)6-9-22(20)28(23)19-7-4-17(24)5-8-19/h4-9,14,21,23H,2-3,10-13,15H2,1H3,(H,26,29). The number of carbonyl (C=O) groups is 1. The number of anilines is 2. The molecule has 29 heavy (non-hydrogen) atoms. The lowest BCUT2D eigenvalue weighted by atomic mass is 9.89. The van der Waals surface area contributed by atoms with E-state index < -0.39 is 0 Å². The molecule has 2 atom stereocenters. The molecule has 0 bridgehead atoms. The topological polar surface area (TPSA) is 35.6 Å². The van der Waals surface area contributed by atoms with Crippen molar-refractivity contribution in [1.82, 2.24) is 10.2 Å². The van der Waals surface area contributed by atoms with Gasteiger partial charge in [0.15, 0.2) is 0 Å². The summed E-state index contributed by atoms with van der Waals surface area (Å²) in [4.78, 5) is 15.7. The van der Waals surface area contributed by atoms with Gasteiger partial charge in [-0.05, 0) is 73.8 Å². The highest BCUT2D eigenvalue weighted by molar-refractivity contribution is 5.73. The number of amides is 1. The molecule has 6 heteroatoms. The molecule has 2 unspecified atom stereocenters. The highest BCUT2D eigenvalue weighted by Gasteiger charge is 2.42. The Labute approximate surface area is 170 Å². The molecule has 1 saturated heterocycles. The maximum absolute atomic E-state index is 14.0. The lowest BCUT2D eigenvalue weighted by molar-refractivity contribution is -0.118. The van der Waals surface area contributed by atoms with Crippen LogP contribution in [0.5, 0.6) is 0 Å². The number of rotatable bonds is 6. The Bertz CT molecular complexity index is 871. The molecular formula is C23H27F2N3O. The summed E-state index contributed by atoms with van der Waals surface area (Å²) in [5.74, 6) is -0.222. The molecule has 0 spiro atoms. The number of hydrogen-bond donors (Lipinski definition) is 1. The second-order valence-corrected chi connectivity index (χ2v) is 8.00. The molecule has 2 aromatic rings. The number of nitrogens with one attached hydrogen (secondary N) is 1. The molecule has 0 aliphatic carbocycles. The fourth-order valence-electron chi connectivity index (χ4n) is 4.70. The first-order valence-electron chi connectivity index (χ1n) is 10.3. The molecule has 154 valence electrons. The zero-order valence-electron chi connectivity index (χ0n) is 16.7. The minimum Gasteiger partial charge on any atom is -0.356 e. The smallest absolute Gasteiger partial charge is 0.216 e. The van der Waals surface area contributed by atoms with E-state index >= 15 is 0 Å². The van der Waals surface area contributed by atoms with E-state index in [9.17, 15) is 13.6 Å². The maximum atomic E-state index is 14.0. The Hall–Kier alpha value is -2.47. The number of fused-ring (bicyclic) bond motifs is 3. The second kappa shape index (κ2) is 8.49. The molecule has 1 N–H and O–H groups in total. The van der Waals surface area contributed by atoms with Crippen LogP contribution in [0.3, 0.4) is 0 Å². The number of halogens is 2. The van der Waals surface area contributed by atoms with Gasteiger partial charge in [-0.3, -0.25) is 4.79 Å². The van der Waals surface area contributed by atoms with E-state index in [0.29, 0.717) is 6.54 Å². The van der Waals surface area contributed by atoms with Crippen LogP contribution in [0.15, 0.2) is 42.5 Å². The Kier molecular flexibility index (Phi) is 5.81. The number of piperidine rings is 1. The lowest BCUT2D eigenvalue weighted by Gasteiger charge is -2.39. The van der Waals surface area contributed by atoms with Gasteiger partial charge >= 0.3 is 0 Å². The Morgan fingerprint density at radius 2 is 1.86 bits per heavy atom. The molecular weight excluding hydrogens is 372 g/mol. The van der Waals surface area contributed by atoms with Crippen LogP contribution >= 0.6 is 0 Å². The summed E-state index contributed by atoms with van der Waals surface area (Å²) in [7, 11) is 0. The van der Waals surface area contributed by atoms with Crippen molar-refractivity contribution in [3.63, 3.8) is 0 Å². The van der Waals surface area contributed by atoms with Crippen LogP contribution in [-0.2, 0) is 4.79 Å². The van der Waals surface area contributed by atoms with Gasteiger partial charge in [0.1, 0.15) is 11.6 Å². The largest absolute Gasteiger partial charge is 0.356 e. The summed E-state index contributed by atoms with van der Waals surface area (Å²) >= 11 is 0. The van der Waals surface area contributed by atoms with Crippen LogP contribution in [0.25, 0.3) is 0 Å². The Morgan fingerprint density at radius 1 is 1.10 bits per heavy atom. The first kappa shape index (κ1) is 19.8. The van der Waals surface area contributed by atoms with Gasteiger partial charge in [0.2, 0.25) is 5.91 Å². The van der Waals surface area contributed by atoms with Crippen molar-refractivity contribution in [2.75, 3.05) is 31.1 Å². The number of unbranched alkanes of at least 4 members (excludes halogenated alkanes) is 1. The minimum atomic E-state index is -0.252. The van der Waals surface area contributed by atoms with Gasteiger partial charge in [-0.2, -0.15) is 0 Å². The zero-order valence-corrected chi connectivity index (χ0v) is 16.7. The molecule has 1 fully saturated rings. The van der Waals surface area contributed by atoms with Crippen molar-refractivity contribution in [3.05, 3.63) is 59.7 Å². The van der Waals surface area contributed by atoms with Crippen LogP contribution in [0, 0.1) is 11.6 Å². The monoisotopic (exact) mass is 399 g/mol. The number of likely N-dealkylation sites (tertiary alicyclic amines) is 1. The third-order valence-electron chi connectivity index (χ3n) is 6.02. The van der Waals surface area contributed by atoms with Crippen molar-refractivity contribution in [1.29, 1.82) is 0 Å². The van der Waals surface area contributed by atoms with Crippen molar-refractivity contribution in [2.45, 2.75) is 38.1 Å². The molecule has 4 nitrogen and oxygen atoms in total. The normalized spacial score (nSPS) is 21.0. The summed E-state index contributed by atoms with van der Waals surface area (Å²) in [5.41, 5.74) is 3.03. The highest BCUT2D eigenvalue weighted by Crippen LogP contribution is 2.48. The first-order valence-corrected chi connectivity index (χ1v) is 10.3. The van der Waals surface area contributed by atoms with E-state index in [4.69, 9.17) is 0 Å². The van der Waals surface area contributed by atoms with E-state index in [-0.39, 0.29) is 29.5 Å². The predicted molar refractivity (Wildman–Crippen MR) is 110 cm³/mol. The fraction of sp³-hybridized carbons (Fsp3) is 0.435. The lowest BCUT2D eigenvalue weighted by Crippen LogP contribution is -2.45. The number of benzene rings is 2. The third-order valence-corrected chi connectivity index (χ3v) is 6.02. The van der Waals surface area contributed by atoms with Crippen molar-refractivity contribution in [3.8, 4) is 0 Å². The van der Waals surface area contributed by atoms with E-state index in [1.165, 1.54) is 25.1 Å². The van der Waals surface area contributed by atoms with E-state index in [2.05, 4.69) is 15.1 Å². The van der Waals surface area contributed by atoms with Gasteiger partial charge in [0.05, 0.1) is 0 Å². The summed E-state index contributed by atoms with van der Waals surface area (Å²) in [6.07, 6.45) is 2.95.